The van der Waals surface area contributed by atoms with Crippen molar-refractivity contribution in [2.24, 2.45) is 0 Å². The predicted molar refractivity (Wildman–Crippen MR) is 147 cm³/mol. The molecule has 0 aliphatic carbocycles. The van der Waals surface area contributed by atoms with Crippen LogP contribution in [0.25, 0.3) is 11.1 Å². The molecule has 1 unspecified atom stereocenters. The minimum absolute atomic E-state index is 0.0107. The average molecular weight is 543 g/mol. The standard InChI is InChI=1S/C28H34N2O7S/c1-5-36-28(33)21-8-6-20(7-9-21)27-18(2)14-23(15-19(27)3)37-13-12-29-17-26(32)22-10-11-25(31)24(16-22)30-38(4,34)35/h6-11,14-16,26,29-32H,5,12-13,17H2,1-4H3. The number of hydrogen-bond donors (Lipinski definition) is 4. The number of aliphatic hydroxyl groups excluding tert-OH is 1. The van der Waals surface area contributed by atoms with Gasteiger partial charge in [0.05, 0.1) is 30.2 Å². The lowest BCUT2D eigenvalue weighted by molar-refractivity contribution is 0.0526. The maximum Gasteiger partial charge on any atom is 0.338 e. The minimum Gasteiger partial charge on any atom is -0.506 e. The highest BCUT2D eigenvalue weighted by molar-refractivity contribution is 7.92. The fourth-order valence-corrected chi connectivity index (χ4v) is 4.65. The summed E-state index contributed by atoms with van der Waals surface area (Å²) in [6.45, 7) is 7.18. The van der Waals surface area contributed by atoms with E-state index in [0.29, 0.717) is 30.9 Å². The number of phenolic OH excluding ortho intramolecular Hbond substituents is 1. The fraction of sp³-hybridized carbons (Fsp3) is 0.321. The Hall–Kier alpha value is -3.60. The number of phenols is 1. The number of hydrogen-bond acceptors (Lipinski definition) is 8. The molecule has 0 heterocycles. The monoisotopic (exact) mass is 542 g/mol. The molecule has 0 fully saturated rings. The number of aromatic hydroxyl groups is 1. The van der Waals surface area contributed by atoms with Gasteiger partial charge in [0.2, 0.25) is 10.0 Å². The van der Waals surface area contributed by atoms with Crippen molar-refractivity contribution < 1.29 is 32.9 Å². The van der Waals surface area contributed by atoms with Crippen LogP contribution >= 0.6 is 0 Å². The lowest BCUT2D eigenvalue weighted by atomic mass is 9.95. The molecule has 3 rings (SSSR count). The van der Waals surface area contributed by atoms with E-state index < -0.39 is 16.1 Å². The quantitative estimate of drug-likeness (QED) is 0.154. The molecule has 1 atom stereocenters. The first-order chi connectivity index (χ1) is 18.0. The highest BCUT2D eigenvalue weighted by Crippen LogP contribution is 2.31. The van der Waals surface area contributed by atoms with Crippen LogP contribution in [-0.2, 0) is 14.8 Å². The molecule has 9 nitrogen and oxygen atoms in total. The van der Waals surface area contributed by atoms with Gasteiger partial charge >= 0.3 is 5.97 Å². The number of nitrogens with one attached hydrogen (secondary N) is 2. The second-order valence-electron chi connectivity index (χ2n) is 8.95. The van der Waals surface area contributed by atoms with E-state index in [2.05, 4.69) is 10.0 Å². The van der Waals surface area contributed by atoms with E-state index in [0.717, 1.165) is 34.3 Å². The van der Waals surface area contributed by atoms with Gasteiger partial charge in [0, 0.05) is 13.1 Å². The van der Waals surface area contributed by atoms with Crippen LogP contribution in [0.3, 0.4) is 0 Å². The van der Waals surface area contributed by atoms with E-state index >= 15 is 0 Å². The summed E-state index contributed by atoms with van der Waals surface area (Å²) in [5.41, 5.74) is 5.14. The van der Waals surface area contributed by atoms with E-state index in [1.165, 1.54) is 18.2 Å². The summed E-state index contributed by atoms with van der Waals surface area (Å²) in [6, 6.07) is 15.5. The summed E-state index contributed by atoms with van der Waals surface area (Å²) in [6.07, 6.45) is 0.0768. The molecular weight excluding hydrogens is 508 g/mol. The maximum atomic E-state index is 11.9. The number of ether oxygens (including phenoxy) is 2. The Bertz CT molecular complexity index is 1350. The van der Waals surface area contributed by atoms with Crippen molar-refractivity contribution in [1.82, 2.24) is 5.32 Å². The highest BCUT2D eigenvalue weighted by Gasteiger charge is 2.14. The van der Waals surface area contributed by atoms with E-state index in [1.54, 1.807) is 19.1 Å². The third-order valence-electron chi connectivity index (χ3n) is 5.78. The van der Waals surface area contributed by atoms with Gasteiger partial charge in [0.1, 0.15) is 18.1 Å². The van der Waals surface area contributed by atoms with E-state index in [9.17, 15) is 23.4 Å². The number of aryl methyl sites for hydroxylation is 2. The van der Waals surface area contributed by atoms with Gasteiger partial charge in [0.15, 0.2) is 0 Å². The van der Waals surface area contributed by atoms with Crippen LogP contribution in [0.4, 0.5) is 5.69 Å². The predicted octanol–water partition coefficient (Wildman–Crippen LogP) is 3.93. The van der Waals surface area contributed by atoms with Gasteiger partial charge in [-0.1, -0.05) is 18.2 Å². The first kappa shape index (κ1) is 29.0. The van der Waals surface area contributed by atoms with Gasteiger partial charge in [-0.2, -0.15) is 0 Å². The number of carbonyl (C=O) groups excluding carboxylic acids is 1. The molecule has 0 bridgehead atoms. The molecule has 10 heteroatoms. The fourth-order valence-electron chi connectivity index (χ4n) is 4.09. The Labute approximate surface area is 223 Å². The Morgan fingerprint density at radius 1 is 1.03 bits per heavy atom. The number of sulfonamides is 1. The van der Waals surface area contributed by atoms with Crippen LogP contribution in [0, 0.1) is 13.8 Å². The van der Waals surface area contributed by atoms with Crippen molar-refractivity contribution >= 4 is 21.7 Å². The third kappa shape index (κ3) is 7.95. The Morgan fingerprint density at radius 3 is 2.29 bits per heavy atom. The average Bonchev–Trinajstić information content (AvgIpc) is 2.84. The smallest absolute Gasteiger partial charge is 0.338 e. The SMILES string of the molecule is CCOC(=O)c1ccc(-c2c(C)cc(OCCNCC(O)c3ccc(O)c(NS(C)(=O)=O)c3)cc2C)cc1. The Morgan fingerprint density at radius 2 is 1.68 bits per heavy atom. The van der Waals surface area contributed by atoms with Crippen molar-refractivity contribution in [2.45, 2.75) is 26.9 Å². The molecule has 0 spiro atoms. The first-order valence-electron chi connectivity index (χ1n) is 12.2. The maximum absolute atomic E-state index is 11.9. The topological polar surface area (TPSA) is 134 Å². The highest BCUT2D eigenvalue weighted by atomic mass is 32.2. The first-order valence-corrected chi connectivity index (χ1v) is 14.1. The van der Waals surface area contributed by atoms with Crippen molar-refractivity contribution in [1.29, 1.82) is 0 Å². The summed E-state index contributed by atoms with van der Waals surface area (Å²) < 4.78 is 36.1. The summed E-state index contributed by atoms with van der Waals surface area (Å²) in [5, 5.41) is 23.4. The normalized spacial score (nSPS) is 12.1. The molecule has 0 aliphatic heterocycles. The van der Waals surface area contributed by atoms with Gasteiger partial charge in [-0.15, -0.1) is 0 Å². The van der Waals surface area contributed by atoms with E-state index in [-0.39, 0.29) is 24.0 Å². The molecule has 0 amide bonds. The summed E-state index contributed by atoms with van der Waals surface area (Å²) in [4.78, 5) is 11.9. The molecule has 0 saturated carbocycles. The van der Waals surface area contributed by atoms with E-state index in [1.807, 2.05) is 38.1 Å². The molecule has 3 aromatic carbocycles. The van der Waals surface area contributed by atoms with Crippen LogP contribution < -0.4 is 14.8 Å². The van der Waals surface area contributed by atoms with Crippen molar-refractivity contribution in [3.63, 3.8) is 0 Å². The van der Waals surface area contributed by atoms with Gasteiger partial charge in [-0.05, 0) is 85.0 Å². The number of benzene rings is 3. The zero-order valence-corrected chi connectivity index (χ0v) is 22.8. The number of anilines is 1. The van der Waals surface area contributed by atoms with Gasteiger partial charge in [0.25, 0.3) is 0 Å². The molecular formula is C28H34N2O7S. The molecule has 0 radical (unpaired) electrons. The second kappa shape index (κ2) is 12.8. The summed E-state index contributed by atoms with van der Waals surface area (Å²) in [5.74, 6) is 0.163. The van der Waals surface area contributed by atoms with Gasteiger partial charge in [-0.25, -0.2) is 13.2 Å². The summed E-state index contributed by atoms with van der Waals surface area (Å²) in [7, 11) is -3.57. The molecule has 0 aliphatic rings. The van der Waals surface area contributed by atoms with Crippen LogP contribution in [0.5, 0.6) is 11.5 Å². The number of aliphatic hydroxyl groups is 1. The lowest BCUT2D eigenvalue weighted by Crippen LogP contribution is -2.26. The number of carbonyl (C=O) groups is 1. The van der Waals surface area contributed by atoms with Gasteiger partial charge < -0.3 is 25.0 Å². The molecule has 3 aromatic rings. The molecule has 204 valence electrons. The molecule has 0 saturated heterocycles. The third-order valence-corrected chi connectivity index (χ3v) is 6.37. The molecule has 38 heavy (non-hydrogen) atoms. The zero-order valence-electron chi connectivity index (χ0n) is 21.9. The second-order valence-corrected chi connectivity index (χ2v) is 10.7. The van der Waals surface area contributed by atoms with Crippen LogP contribution in [0.2, 0.25) is 0 Å². The van der Waals surface area contributed by atoms with Gasteiger partial charge in [-0.3, -0.25) is 4.72 Å². The molecule has 0 aromatic heterocycles. The largest absolute Gasteiger partial charge is 0.506 e. The summed E-state index contributed by atoms with van der Waals surface area (Å²) >= 11 is 0. The van der Waals surface area contributed by atoms with Crippen molar-refractivity contribution in [2.75, 3.05) is 37.3 Å². The Balaban J connectivity index is 1.53. The zero-order chi connectivity index (χ0) is 27.9. The minimum atomic E-state index is -3.57. The lowest BCUT2D eigenvalue weighted by Gasteiger charge is -2.16. The van der Waals surface area contributed by atoms with E-state index in [4.69, 9.17) is 9.47 Å². The number of esters is 1. The van der Waals surface area contributed by atoms with Crippen molar-refractivity contribution in [3.05, 3.63) is 76.9 Å². The molecule has 4 N–H and O–H groups in total. The Kier molecular flexibility index (Phi) is 9.73. The van der Waals surface area contributed by atoms with Crippen LogP contribution in [0.1, 0.15) is 40.1 Å². The van der Waals surface area contributed by atoms with Crippen LogP contribution in [-0.4, -0.2) is 57.2 Å². The van der Waals surface area contributed by atoms with Crippen LogP contribution in [0.15, 0.2) is 54.6 Å². The van der Waals surface area contributed by atoms with Crippen molar-refractivity contribution in [3.8, 4) is 22.6 Å². The number of rotatable bonds is 12.